The maximum atomic E-state index is 4.59. The quantitative estimate of drug-likeness (QED) is 0.882. The molecule has 0 atom stereocenters. The molecule has 4 nitrogen and oxygen atoms in total. The molecule has 0 aliphatic heterocycles. The van der Waals surface area contributed by atoms with Crippen molar-refractivity contribution in [3.63, 3.8) is 0 Å². The minimum absolute atomic E-state index is 0.840. The van der Waals surface area contributed by atoms with Crippen LogP contribution in [0.1, 0.15) is 18.3 Å². The molecule has 1 N–H and O–H groups in total. The van der Waals surface area contributed by atoms with Crippen LogP contribution in [-0.4, -0.2) is 21.3 Å². The van der Waals surface area contributed by atoms with Crippen LogP contribution >= 0.6 is 11.3 Å². The second-order valence-corrected chi connectivity index (χ2v) is 4.55. The van der Waals surface area contributed by atoms with E-state index in [4.69, 9.17) is 0 Å². The summed E-state index contributed by atoms with van der Waals surface area (Å²) in [5.74, 6) is 0. The van der Waals surface area contributed by atoms with E-state index in [-0.39, 0.29) is 0 Å². The number of rotatable bonds is 4. The number of hydrogen-bond acceptors (Lipinski definition) is 4. The largest absolute Gasteiger partial charge is 0.311 e. The van der Waals surface area contributed by atoms with Crippen LogP contribution in [0.4, 0.5) is 0 Å². The molecule has 86 valence electrons. The van der Waals surface area contributed by atoms with Crippen LogP contribution in [-0.2, 0) is 13.6 Å². The number of nitrogens with zero attached hydrogens (tertiary/aromatic N) is 3. The van der Waals surface area contributed by atoms with Crippen molar-refractivity contribution in [2.75, 3.05) is 6.54 Å². The molecule has 0 saturated carbocycles. The Hall–Kier alpha value is -1.20. The minimum atomic E-state index is 0.840. The minimum Gasteiger partial charge on any atom is -0.311 e. The van der Waals surface area contributed by atoms with Gasteiger partial charge in [0.25, 0.3) is 0 Å². The Bertz CT molecular complexity index is 472. The topological polar surface area (TPSA) is 42.7 Å². The lowest BCUT2D eigenvalue weighted by Crippen LogP contribution is -2.11. The average molecular weight is 236 g/mol. The van der Waals surface area contributed by atoms with E-state index in [1.807, 2.05) is 17.9 Å². The summed E-state index contributed by atoms with van der Waals surface area (Å²) in [6.07, 6.45) is 1.88. The fourth-order valence-corrected chi connectivity index (χ4v) is 2.35. The number of thiazole rings is 1. The number of nitrogens with one attached hydrogen (secondary N) is 1. The lowest BCUT2D eigenvalue weighted by molar-refractivity contribution is 0.714. The molecule has 2 aromatic rings. The first kappa shape index (κ1) is 11.3. The van der Waals surface area contributed by atoms with Gasteiger partial charge in [0.1, 0.15) is 5.01 Å². The standard InChI is InChI=1S/C11H16N4S/c1-4-12-5-9-7-16-11(14-9)10-6-13-15(3)8(10)2/h6-7,12H,4-5H2,1-3H3. The first-order valence-electron chi connectivity index (χ1n) is 5.36. The van der Waals surface area contributed by atoms with E-state index < -0.39 is 0 Å². The van der Waals surface area contributed by atoms with Crippen LogP contribution < -0.4 is 5.32 Å². The zero-order chi connectivity index (χ0) is 11.5. The molecule has 0 fully saturated rings. The zero-order valence-corrected chi connectivity index (χ0v) is 10.6. The molecule has 2 heterocycles. The second-order valence-electron chi connectivity index (χ2n) is 3.69. The van der Waals surface area contributed by atoms with E-state index in [0.717, 1.165) is 35.0 Å². The van der Waals surface area contributed by atoms with Crippen LogP contribution in [0.15, 0.2) is 11.6 Å². The van der Waals surface area contributed by atoms with Gasteiger partial charge in [-0.05, 0) is 13.5 Å². The van der Waals surface area contributed by atoms with Crippen LogP contribution in [0.3, 0.4) is 0 Å². The third-order valence-electron chi connectivity index (χ3n) is 2.57. The summed E-state index contributed by atoms with van der Waals surface area (Å²) in [6, 6.07) is 0. The molecule has 2 rings (SSSR count). The summed E-state index contributed by atoms with van der Waals surface area (Å²) in [5, 5.41) is 10.7. The Labute approximate surface area is 99.3 Å². The maximum Gasteiger partial charge on any atom is 0.127 e. The number of aryl methyl sites for hydroxylation is 1. The first-order valence-corrected chi connectivity index (χ1v) is 6.24. The summed E-state index contributed by atoms with van der Waals surface area (Å²) < 4.78 is 1.88. The van der Waals surface area contributed by atoms with Gasteiger partial charge >= 0.3 is 0 Å². The fraction of sp³-hybridized carbons (Fsp3) is 0.455. The molecular formula is C11H16N4S. The lowest BCUT2D eigenvalue weighted by atomic mass is 10.3. The van der Waals surface area contributed by atoms with E-state index in [2.05, 4.69) is 34.6 Å². The summed E-state index contributed by atoms with van der Waals surface area (Å²) in [6.45, 7) is 5.97. The third kappa shape index (κ3) is 2.15. The number of hydrogen-bond donors (Lipinski definition) is 1. The van der Waals surface area contributed by atoms with Gasteiger partial charge in [-0.1, -0.05) is 6.92 Å². The Morgan fingerprint density at radius 1 is 1.50 bits per heavy atom. The Morgan fingerprint density at radius 3 is 2.94 bits per heavy atom. The van der Waals surface area contributed by atoms with Gasteiger partial charge < -0.3 is 5.32 Å². The SMILES string of the molecule is CCNCc1csc(-c2cnn(C)c2C)n1. The van der Waals surface area contributed by atoms with Gasteiger partial charge in [0.05, 0.1) is 17.5 Å². The summed E-state index contributed by atoms with van der Waals surface area (Å²) in [7, 11) is 1.95. The lowest BCUT2D eigenvalue weighted by Gasteiger charge is -1.97. The van der Waals surface area contributed by atoms with E-state index in [0.29, 0.717) is 0 Å². The first-order chi connectivity index (χ1) is 7.72. The molecule has 0 amide bonds. The van der Waals surface area contributed by atoms with Crippen LogP contribution in [0, 0.1) is 6.92 Å². The molecule has 0 aromatic carbocycles. The van der Waals surface area contributed by atoms with Crippen LogP contribution in [0.5, 0.6) is 0 Å². The molecule has 5 heteroatoms. The summed E-state index contributed by atoms with van der Waals surface area (Å²) >= 11 is 1.68. The second kappa shape index (κ2) is 4.76. The summed E-state index contributed by atoms with van der Waals surface area (Å²) in [4.78, 5) is 4.59. The van der Waals surface area contributed by atoms with Crippen molar-refractivity contribution >= 4 is 11.3 Å². The van der Waals surface area contributed by atoms with E-state index in [1.54, 1.807) is 11.3 Å². The Kier molecular flexibility index (Phi) is 3.36. The fourth-order valence-electron chi connectivity index (χ4n) is 1.47. The van der Waals surface area contributed by atoms with Crippen molar-refractivity contribution in [3.05, 3.63) is 23.0 Å². The summed E-state index contributed by atoms with van der Waals surface area (Å²) in [5.41, 5.74) is 3.39. The van der Waals surface area contributed by atoms with Crippen LogP contribution in [0.2, 0.25) is 0 Å². The van der Waals surface area contributed by atoms with Crippen molar-refractivity contribution in [2.24, 2.45) is 7.05 Å². The van der Waals surface area contributed by atoms with Gasteiger partial charge in [0.2, 0.25) is 0 Å². The van der Waals surface area contributed by atoms with Gasteiger partial charge in [0, 0.05) is 24.7 Å². The third-order valence-corrected chi connectivity index (χ3v) is 3.50. The van der Waals surface area contributed by atoms with Gasteiger partial charge in [-0.3, -0.25) is 4.68 Å². The average Bonchev–Trinajstić information content (AvgIpc) is 2.85. The van der Waals surface area contributed by atoms with Gasteiger partial charge in [0.15, 0.2) is 0 Å². The molecule has 2 aromatic heterocycles. The van der Waals surface area contributed by atoms with E-state index in [1.165, 1.54) is 0 Å². The molecule has 0 radical (unpaired) electrons. The Morgan fingerprint density at radius 2 is 2.31 bits per heavy atom. The van der Waals surface area contributed by atoms with Crippen molar-refractivity contribution < 1.29 is 0 Å². The highest BCUT2D eigenvalue weighted by atomic mass is 32.1. The van der Waals surface area contributed by atoms with Crippen molar-refractivity contribution in [2.45, 2.75) is 20.4 Å². The molecule has 0 bridgehead atoms. The normalized spacial score (nSPS) is 10.9. The predicted molar refractivity (Wildman–Crippen MR) is 66.4 cm³/mol. The Balaban J connectivity index is 2.21. The molecule has 0 aliphatic carbocycles. The zero-order valence-electron chi connectivity index (χ0n) is 9.82. The molecule has 0 aliphatic rings. The van der Waals surface area contributed by atoms with Crippen molar-refractivity contribution in [1.82, 2.24) is 20.1 Å². The highest BCUT2D eigenvalue weighted by Crippen LogP contribution is 2.26. The molecule has 0 saturated heterocycles. The smallest absolute Gasteiger partial charge is 0.127 e. The predicted octanol–water partition coefficient (Wildman–Crippen LogP) is 1.96. The van der Waals surface area contributed by atoms with Crippen molar-refractivity contribution in [3.8, 4) is 10.6 Å². The van der Waals surface area contributed by atoms with Gasteiger partial charge in [-0.15, -0.1) is 11.3 Å². The van der Waals surface area contributed by atoms with E-state index in [9.17, 15) is 0 Å². The van der Waals surface area contributed by atoms with Crippen LogP contribution in [0.25, 0.3) is 10.6 Å². The molecule has 16 heavy (non-hydrogen) atoms. The molecular weight excluding hydrogens is 220 g/mol. The molecule has 0 spiro atoms. The van der Waals surface area contributed by atoms with Gasteiger partial charge in [-0.25, -0.2) is 4.98 Å². The monoisotopic (exact) mass is 236 g/mol. The van der Waals surface area contributed by atoms with E-state index >= 15 is 0 Å². The number of aromatic nitrogens is 3. The molecule has 0 unspecified atom stereocenters. The highest BCUT2D eigenvalue weighted by molar-refractivity contribution is 7.13. The van der Waals surface area contributed by atoms with Gasteiger partial charge in [-0.2, -0.15) is 5.10 Å². The highest BCUT2D eigenvalue weighted by Gasteiger charge is 2.10. The maximum absolute atomic E-state index is 4.59. The van der Waals surface area contributed by atoms with Crippen molar-refractivity contribution in [1.29, 1.82) is 0 Å².